The first kappa shape index (κ1) is 15.8. The summed E-state index contributed by atoms with van der Waals surface area (Å²) in [6, 6.07) is 4.07. The van der Waals surface area contributed by atoms with Gasteiger partial charge in [0, 0.05) is 23.6 Å². The van der Waals surface area contributed by atoms with Crippen molar-refractivity contribution in [1.82, 2.24) is 10.7 Å². The molecule has 1 heterocycles. The highest BCUT2D eigenvalue weighted by Gasteiger charge is 2.21. The van der Waals surface area contributed by atoms with Gasteiger partial charge in [-0.05, 0) is 36.5 Å². The zero-order valence-corrected chi connectivity index (χ0v) is 12.3. The van der Waals surface area contributed by atoms with Crippen LogP contribution < -0.4 is 16.6 Å². The standard InChI is InChI=1S/C14H18FN3O2S/c15-12-7-10(14(20)18-16)1-2-11(12)8-17-13(19)9-3-5-21-6-4-9/h1-2,7,9H,3-6,8,16H2,(H,17,19)(H,18,20). The number of nitrogens with two attached hydrogens (primary N) is 1. The minimum atomic E-state index is -0.552. The van der Waals surface area contributed by atoms with Crippen LogP contribution >= 0.6 is 11.8 Å². The molecule has 0 radical (unpaired) electrons. The maximum Gasteiger partial charge on any atom is 0.265 e. The Morgan fingerprint density at radius 2 is 2.05 bits per heavy atom. The summed E-state index contributed by atoms with van der Waals surface area (Å²) in [5.74, 6) is 5.90. The molecule has 0 bridgehead atoms. The molecular formula is C14H18FN3O2S. The number of hydrogen-bond donors (Lipinski definition) is 3. The molecule has 4 N–H and O–H groups in total. The Hall–Kier alpha value is -1.60. The first-order chi connectivity index (χ1) is 10.1. The minimum absolute atomic E-state index is 0.0246. The first-order valence-electron chi connectivity index (χ1n) is 6.76. The van der Waals surface area contributed by atoms with Gasteiger partial charge in [-0.1, -0.05) is 6.07 Å². The van der Waals surface area contributed by atoms with E-state index < -0.39 is 11.7 Å². The van der Waals surface area contributed by atoms with E-state index in [-0.39, 0.29) is 23.9 Å². The van der Waals surface area contributed by atoms with E-state index >= 15 is 0 Å². The maximum atomic E-state index is 13.9. The van der Waals surface area contributed by atoms with Crippen molar-refractivity contribution in [2.45, 2.75) is 19.4 Å². The van der Waals surface area contributed by atoms with Crippen molar-refractivity contribution < 1.29 is 14.0 Å². The molecule has 0 aliphatic carbocycles. The van der Waals surface area contributed by atoms with Crippen LogP contribution in [0.15, 0.2) is 18.2 Å². The summed E-state index contributed by atoms with van der Waals surface area (Å²) in [6.45, 7) is 0.124. The van der Waals surface area contributed by atoms with Crippen LogP contribution in [0, 0.1) is 11.7 Å². The summed E-state index contributed by atoms with van der Waals surface area (Å²) in [7, 11) is 0. The second kappa shape index (κ2) is 7.42. The molecule has 1 aromatic rings. The van der Waals surface area contributed by atoms with Gasteiger partial charge >= 0.3 is 0 Å². The van der Waals surface area contributed by atoms with Gasteiger partial charge in [0.15, 0.2) is 0 Å². The smallest absolute Gasteiger partial charge is 0.265 e. The van der Waals surface area contributed by atoms with Crippen LogP contribution in [0.2, 0.25) is 0 Å². The number of nitrogen functional groups attached to an aromatic ring is 1. The molecule has 1 aromatic carbocycles. The zero-order valence-electron chi connectivity index (χ0n) is 11.5. The van der Waals surface area contributed by atoms with Crippen LogP contribution in [0.5, 0.6) is 0 Å². The highest BCUT2D eigenvalue weighted by molar-refractivity contribution is 7.99. The highest BCUT2D eigenvalue weighted by atomic mass is 32.2. The lowest BCUT2D eigenvalue weighted by molar-refractivity contribution is -0.125. The number of carbonyl (C=O) groups is 2. The average molecular weight is 311 g/mol. The largest absolute Gasteiger partial charge is 0.352 e. The molecule has 0 spiro atoms. The SMILES string of the molecule is NNC(=O)c1ccc(CNC(=O)C2CCSCC2)c(F)c1. The van der Waals surface area contributed by atoms with E-state index in [1.54, 1.807) is 0 Å². The minimum Gasteiger partial charge on any atom is -0.352 e. The van der Waals surface area contributed by atoms with Crippen molar-refractivity contribution in [1.29, 1.82) is 0 Å². The molecule has 5 nitrogen and oxygen atoms in total. The van der Waals surface area contributed by atoms with Crippen LogP contribution in [0.1, 0.15) is 28.8 Å². The number of hydrogen-bond acceptors (Lipinski definition) is 4. The van der Waals surface area contributed by atoms with Gasteiger partial charge < -0.3 is 5.32 Å². The fraction of sp³-hybridized carbons (Fsp3) is 0.429. The van der Waals surface area contributed by atoms with Gasteiger partial charge in [-0.3, -0.25) is 15.0 Å². The molecule has 7 heteroatoms. The normalized spacial score (nSPS) is 15.5. The Morgan fingerprint density at radius 3 is 2.67 bits per heavy atom. The summed E-state index contributed by atoms with van der Waals surface area (Å²) < 4.78 is 13.9. The summed E-state index contributed by atoms with van der Waals surface area (Å²) in [5, 5.41) is 2.76. The topological polar surface area (TPSA) is 84.2 Å². The monoisotopic (exact) mass is 311 g/mol. The number of rotatable bonds is 4. The van der Waals surface area contributed by atoms with E-state index in [9.17, 15) is 14.0 Å². The molecule has 1 aliphatic heterocycles. The first-order valence-corrected chi connectivity index (χ1v) is 7.92. The second-order valence-corrected chi connectivity index (χ2v) is 6.11. The van der Waals surface area contributed by atoms with E-state index in [2.05, 4.69) is 5.32 Å². The van der Waals surface area contributed by atoms with Crippen LogP contribution in [0.3, 0.4) is 0 Å². The lowest BCUT2D eigenvalue weighted by atomic mass is 10.0. The van der Waals surface area contributed by atoms with Crippen molar-refractivity contribution in [3.8, 4) is 0 Å². The number of thioether (sulfide) groups is 1. The lowest BCUT2D eigenvalue weighted by Crippen LogP contribution is -2.33. The third-order valence-electron chi connectivity index (χ3n) is 3.49. The van der Waals surface area contributed by atoms with Gasteiger partial charge in [-0.2, -0.15) is 11.8 Å². The fourth-order valence-corrected chi connectivity index (χ4v) is 3.31. The van der Waals surface area contributed by atoms with Crippen LogP contribution in [-0.2, 0) is 11.3 Å². The zero-order chi connectivity index (χ0) is 15.2. The van der Waals surface area contributed by atoms with Gasteiger partial charge in [0.1, 0.15) is 5.82 Å². The van der Waals surface area contributed by atoms with Gasteiger partial charge in [0.05, 0.1) is 0 Å². The Bertz CT molecular complexity index is 533. The van der Waals surface area contributed by atoms with Crippen molar-refractivity contribution in [3.63, 3.8) is 0 Å². The van der Waals surface area contributed by atoms with E-state index in [0.29, 0.717) is 5.56 Å². The third-order valence-corrected chi connectivity index (χ3v) is 4.54. The Labute approximate surface area is 126 Å². The molecule has 0 unspecified atom stereocenters. The molecular weight excluding hydrogens is 293 g/mol. The number of hydrazine groups is 1. The van der Waals surface area contributed by atoms with Crippen LogP contribution in [-0.4, -0.2) is 23.3 Å². The average Bonchev–Trinajstić information content (AvgIpc) is 2.53. The Kier molecular flexibility index (Phi) is 5.58. The third kappa shape index (κ3) is 4.18. The molecule has 2 amide bonds. The fourth-order valence-electron chi connectivity index (χ4n) is 2.20. The summed E-state index contributed by atoms with van der Waals surface area (Å²) >= 11 is 1.85. The van der Waals surface area contributed by atoms with Gasteiger partial charge in [-0.25, -0.2) is 10.2 Å². The highest BCUT2D eigenvalue weighted by Crippen LogP contribution is 2.22. The van der Waals surface area contributed by atoms with Gasteiger partial charge in [-0.15, -0.1) is 0 Å². The van der Waals surface area contributed by atoms with Gasteiger partial charge in [0.2, 0.25) is 5.91 Å². The van der Waals surface area contributed by atoms with E-state index in [4.69, 9.17) is 5.84 Å². The van der Waals surface area contributed by atoms with Gasteiger partial charge in [0.25, 0.3) is 5.91 Å². The summed E-state index contributed by atoms with van der Waals surface area (Å²) in [4.78, 5) is 23.3. The number of nitrogens with one attached hydrogen (secondary N) is 2. The van der Waals surface area contributed by atoms with E-state index in [1.165, 1.54) is 12.1 Å². The van der Waals surface area contributed by atoms with E-state index in [1.807, 2.05) is 17.2 Å². The lowest BCUT2D eigenvalue weighted by Gasteiger charge is -2.20. The molecule has 1 fully saturated rings. The number of carbonyl (C=O) groups excluding carboxylic acids is 2. The molecule has 1 saturated heterocycles. The quantitative estimate of drug-likeness (QED) is 0.443. The number of amides is 2. The molecule has 0 aromatic heterocycles. The molecule has 0 saturated carbocycles. The Morgan fingerprint density at radius 1 is 1.33 bits per heavy atom. The molecule has 2 rings (SSSR count). The molecule has 21 heavy (non-hydrogen) atoms. The molecule has 114 valence electrons. The summed E-state index contributed by atoms with van der Waals surface area (Å²) in [5.41, 5.74) is 2.44. The molecule has 1 aliphatic rings. The number of halogens is 1. The van der Waals surface area contributed by atoms with Crippen LogP contribution in [0.25, 0.3) is 0 Å². The molecule has 0 atom stereocenters. The van der Waals surface area contributed by atoms with E-state index in [0.717, 1.165) is 30.4 Å². The van der Waals surface area contributed by atoms with Crippen molar-refractivity contribution in [3.05, 3.63) is 35.1 Å². The van der Waals surface area contributed by atoms with Crippen molar-refractivity contribution >= 4 is 23.6 Å². The van der Waals surface area contributed by atoms with Crippen LogP contribution in [0.4, 0.5) is 4.39 Å². The predicted octanol–water partition coefficient (Wildman–Crippen LogP) is 1.19. The number of benzene rings is 1. The second-order valence-electron chi connectivity index (χ2n) is 4.88. The van der Waals surface area contributed by atoms with Crippen molar-refractivity contribution in [2.75, 3.05) is 11.5 Å². The summed E-state index contributed by atoms with van der Waals surface area (Å²) in [6.07, 6.45) is 1.74. The Balaban J connectivity index is 1.93. The maximum absolute atomic E-state index is 13.9. The van der Waals surface area contributed by atoms with Crippen molar-refractivity contribution in [2.24, 2.45) is 11.8 Å². The predicted molar refractivity (Wildman–Crippen MR) is 79.9 cm³/mol.